The van der Waals surface area contributed by atoms with E-state index in [1.807, 2.05) is 0 Å². The van der Waals surface area contributed by atoms with Gasteiger partial charge in [0.25, 0.3) is 0 Å². The number of benzene rings is 1. The summed E-state index contributed by atoms with van der Waals surface area (Å²) in [6, 6.07) is 8.83. The van der Waals surface area contributed by atoms with Gasteiger partial charge in [0.1, 0.15) is 0 Å². The van der Waals surface area contributed by atoms with Crippen LogP contribution in [-0.4, -0.2) is 0 Å². The first-order valence-corrected chi connectivity index (χ1v) is 4.66. The molecule has 0 aliphatic rings. The van der Waals surface area contributed by atoms with E-state index in [1.54, 1.807) is 0 Å². The minimum atomic E-state index is 1.21. The fraction of sp³-hybridized carbons (Fsp3) is 0.417. The van der Waals surface area contributed by atoms with Gasteiger partial charge in [-0.3, -0.25) is 0 Å². The summed E-state index contributed by atoms with van der Waals surface area (Å²) in [5.41, 5.74) is 2.81. The van der Waals surface area contributed by atoms with Gasteiger partial charge in [-0.2, -0.15) is 0 Å². The monoisotopic (exact) mass is 161 g/mol. The van der Waals surface area contributed by atoms with E-state index in [-0.39, 0.29) is 0 Å². The van der Waals surface area contributed by atoms with Gasteiger partial charge in [0.2, 0.25) is 0 Å². The Morgan fingerprint density at radius 3 is 2.42 bits per heavy atom. The normalized spacial score (nSPS) is 10.2. The highest BCUT2D eigenvalue weighted by molar-refractivity contribution is 5.21. The SMILES string of the molecule is C[CH]CCCc1ccc(C)cc1. The molecule has 1 radical (unpaired) electrons. The van der Waals surface area contributed by atoms with E-state index in [0.717, 1.165) is 0 Å². The molecule has 0 amide bonds. The molecule has 0 aliphatic heterocycles. The lowest BCUT2D eigenvalue weighted by atomic mass is 10.1. The molecule has 0 spiro atoms. The second kappa shape index (κ2) is 4.97. The van der Waals surface area contributed by atoms with Crippen molar-refractivity contribution in [1.82, 2.24) is 0 Å². The fourth-order valence-electron chi connectivity index (χ4n) is 1.27. The molecule has 0 aliphatic carbocycles. The molecule has 0 unspecified atom stereocenters. The molecular formula is C12H17. The average Bonchev–Trinajstić information content (AvgIpc) is 2.09. The highest BCUT2D eigenvalue weighted by atomic mass is 14.0. The Labute approximate surface area is 75.6 Å². The van der Waals surface area contributed by atoms with E-state index >= 15 is 0 Å². The number of hydrogen-bond acceptors (Lipinski definition) is 0. The summed E-state index contributed by atoms with van der Waals surface area (Å²) in [7, 11) is 0. The number of aryl methyl sites for hydroxylation is 2. The van der Waals surface area contributed by atoms with E-state index < -0.39 is 0 Å². The number of hydrogen-bond donors (Lipinski definition) is 0. The van der Waals surface area contributed by atoms with E-state index in [4.69, 9.17) is 0 Å². The molecule has 1 rings (SSSR count). The van der Waals surface area contributed by atoms with E-state index in [0.29, 0.717) is 0 Å². The van der Waals surface area contributed by atoms with Crippen LogP contribution in [0.2, 0.25) is 0 Å². The predicted molar refractivity (Wildman–Crippen MR) is 54.1 cm³/mol. The van der Waals surface area contributed by atoms with Crippen molar-refractivity contribution in [3.63, 3.8) is 0 Å². The van der Waals surface area contributed by atoms with E-state index in [1.165, 1.54) is 30.4 Å². The third kappa shape index (κ3) is 3.08. The van der Waals surface area contributed by atoms with Crippen molar-refractivity contribution in [3.8, 4) is 0 Å². The Hall–Kier alpha value is -0.780. The van der Waals surface area contributed by atoms with Crippen molar-refractivity contribution in [3.05, 3.63) is 41.8 Å². The zero-order chi connectivity index (χ0) is 8.81. The lowest BCUT2D eigenvalue weighted by Crippen LogP contribution is -1.85. The number of unbranched alkanes of at least 4 members (excludes halogenated alkanes) is 2. The molecule has 0 heterocycles. The Morgan fingerprint density at radius 1 is 1.17 bits per heavy atom. The van der Waals surface area contributed by atoms with Gasteiger partial charge in [-0.25, -0.2) is 0 Å². The highest BCUT2D eigenvalue weighted by Crippen LogP contribution is 2.07. The van der Waals surface area contributed by atoms with Gasteiger partial charge in [0.05, 0.1) is 0 Å². The van der Waals surface area contributed by atoms with Crippen molar-refractivity contribution >= 4 is 0 Å². The molecule has 0 fully saturated rings. The van der Waals surface area contributed by atoms with Gasteiger partial charge in [-0.05, 0) is 31.7 Å². The summed E-state index contributed by atoms with van der Waals surface area (Å²) in [6.07, 6.45) is 5.95. The Bertz CT molecular complexity index is 208. The molecule has 1 aromatic carbocycles. The van der Waals surface area contributed by atoms with Crippen molar-refractivity contribution in [1.29, 1.82) is 0 Å². The zero-order valence-corrected chi connectivity index (χ0v) is 8.01. The van der Waals surface area contributed by atoms with Crippen LogP contribution < -0.4 is 0 Å². The van der Waals surface area contributed by atoms with Crippen molar-refractivity contribution in [2.45, 2.75) is 33.1 Å². The second-order valence-corrected chi connectivity index (χ2v) is 3.29. The van der Waals surface area contributed by atoms with E-state index in [2.05, 4.69) is 44.5 Å². The molecule has 1 aromatic rings. The first-order chi connectivity index (χ1) is 5.83. The maximum atomic E-state index is 2.23. The van der Waals surface area contributed by atoms with Crippen LogP contribution in [0.3, 0.4) is 0 Å². The zero-order valence-electron chi connectivity index (χ0n) is 8.01. The molecule has 0 heteroatoms. The van der Waals surface area contributed by atoms with Gasteiger partial charge in [0.15, 0.2) is 0 Å². The first kappa shape index (κ1) is 9.31. The minimum Gasteiger partial charge on any atom is -0.0623 e. The standard InChI is InChI=1S/C12H17/c1-3-4-5-6-12-9-7-11(2)8-10-12/h3,7-10H,4-6H2,1-2H3. The Balaban J connectivity index is 2.37. The van der Waals surface area contributed by atoms with Gasteiger partial charge < -0.3 is 0 Å². The van der Waals surface area contributed by atoms with Crippen LogP contribution in [0, 0.1) is 13.3 Å². The van der Waals surface area contributed by atoms with Crippen LogP contribution in [0.4, 0.5) is 0 Å². The van der Waals surface area contributed by atoms with E-state index in [9.17, 15) is 0 Å². The number of rotatable bonds is 4. The van der Waals surface area contributed by atoms with Crippen LogP contribution in [0.25, 0.3) is 0 Å². The van der Waals surface area contributed by atoms with Gasteiger partial charge in [0, 0.05) is 0 Å². The van der Waals surface area contributed by atoms with Gasteiger partial charge in [-0.1, -0.05) is 43.2 Å². The molecule has 12 heavy (non-hydrogen) atoms. The second-order valence-electron chi connectivity index (χ2n) is 3.29. The topological polar surface area (TPSA) is 0 Å². The Kier molecular flexibility index (Phi) is 3.86. The summed E-state index contributed by atoms with van der Waals surface area (Å²) in [6.45, 7) is 4.25. The predicted octanol–water partition coefficient (Wildman–Crippen LogP) is 3.54. The fourth-order valence-corrected chi connectivity index (χ4v) is 1.27. The molecule has 0 aromatic heterocycles. The minimum absolute atomic E-state index is 1.21. The van der Waals surface area contributed by atoms with Crippen LogP contribution >= 0.6 is 0 Å². The summed E-state index contributed by atoms with van der Waals surface area (Å²) in [5.74, 6) is 0. The average molecular weight is 161 g/mol. The van der Waals surface area contributed by atoms with Crippen LogP contribution in [0.15, 0.2) is 24.3 Å². The third-order valence-electron chi connectivity index (χ3n) is 2.08. The third-order valence-corrected chi connectivity index (χ3v) is 2.08. The first-order valence-electron chi connectivity index (χ1n) is 4.66. The summed E-state index contributed by atoms with van der Waals surface area (Å²) in [4.78, 5) is 0. The van der Waals surface area contributed by atoms with Crippen LogP contribution in [-0.2, 0) is 6.42 Å². The van der Waals surface area contributed by atoms with Crippen molar-refractivity contribution in [2.75, 3.05) is 0 Å². The molecule has 0 N–H and O–H groups in total. The largest absolute Gasteiger partial charge is 0.0623 e. The summed E-state index contributed by atoms with van der Waals surface area (Å²) < 4.78 is 0. The highest BCUT2D eigenvalue weighted by Gasteiger charge is 1.91. The lowest BCUT2D eigenvalue weighted by Gasteiger charge is -2.00. The summed E-state index contributed by atoms with van der Waals surface area (Å²) in [5, 5.41) is 0. The molecule has 0 saturated carbocycles. The molecule has 0 saturated heterocycles. The lowest BCUT2D eigenvalue weighted by molar-refractivity contribution is 0.807. The van der Waals surface area contributed by atoms with Crippen LogP contribution in [0.1, 0.15) is 30.9 Å². The molecule has 0 bridgehead atoms. The smallest absolute Gasteiger partial charge is 0.0279 e. The van der Waals surface area contributed by atoms with Crippen molar-refractivity contribution in [2.24, 2.45) is 0 Å². The molecule has 0 atom stereocenters. The Morgan fingerprint density at radius 2 is 1.83 bits per heavy atom. The maximum absolute atomic E-state index is 2.23. The molecule has 0 nitrogen and oxygen atoms in total. The molecular weight excluding hydrogens is 144 g/mol. The van der Waals surface area contributed by atoms with Crippen LogP contribution in [0.5, 0.6) is 0 Å². The van der Waals surface area contributed by atoms with Crippen molar-refractivity contribution < 1.29 is 0 Å². The quantitative estimate of drug-likeness (QED) is 0.592. The van der Waals surface area contributed by atoms with Gasteiger partial charge >= 0.3 is 0 Å². The molecule has 65 valence electrons. The maximum Gasteiger partial charge on any atom is -0.0279 e. The van der Waals surface area contributed by atoms with Gasteiger partial charge in [-0.15, -0.1) is 0 Å². The summed E-state index contributed by atoms with van der Waals surface area (Å²) >= 11 is 0.